The molecule has 0 saturated heterocycles. The largest absolute Gasteiger partial charge is 0.314 e. The van der Waals surface area contributed by atoms with Gasteiger partial charge in [-0.15, -0.1) is 12.4 Å². The maximum Gasteiger partial charge on any atom is 0.0899 e. The van der Waals surface area contributed by atoms with Crippen molar-refractivity contribution in [2.45, 2.75) is 19.8 Å². The van der Waals surface area contributed by atoms with Crippen molar-refractivity contribution >= 4 is 29.9 Å². The van der Waals surface area contributed by atoms with Crippen molar-refractivity contribution < 1.29 is 0 Å². The highest BCUT2D eigenvalue weighted by molar-refractivity contribution is 6.12. The van der Waals surface area contributed by atoms with Crippen LogP contribution in [-0.4, -0.2) is 10.8 Å². The topological polar surface area (TPSA) is 17.3 Å². The molecule has 96 valence electrons. The van der Waals surface area contributed by atoms with Crippen molar-refractivity contribution in [1.82, 2.24) is 4.57 Å². The van der Waals surface area contributed by atoms with Crippen molar-refractivity contribution in [3.8, 4) is 5.69 Å². The lowest BCUT2D eigenvalue weighted by Gasteiger charge is -2.14. The summed E-state index contributed by atoms with van der Waals surface area (Å²) in [6.07, 6.45) is 8.75. The molecule has 0 bridgehead atoms. The lowest BCUT2D eigenvalue weighted by molar-refractivity contribution is 0.955. The SMILES string of the molecule is Cc1cccc2c1N=CC1=CCCc3ccn-2c31.Cl. The monoisotopic (exact) mass is 270 g/mol. The Morgan fingerprint density at radius 2 is 2.11 bits per heavy atom. The van der Waals surface area contributed by atoms with Crippen molar-refractivity contribution in [1.29, 1.82) is 0 Å². The van der Waals surface area contributed by atoms with Crippen molar-refractivity contribution in [3.63, 3.8) is 0 Å². The van der Waals surface area contributed by atoms with Gasteiger partial charge in [0.2, 0.25) is 0 Å². The van der Waals surface area contributed by atoms with Gasteiger partial charge in [-0.2, -0.15) is 0 Å². The molecule has 0 saturated carbocycles. The predicted octanol–water partition coefficient (Wildman–Crippen LogP) is 4.25. The molecule has 0 spiro atoms. The minimum atomic E-state index is 0. The van der Waals surface area contributed by atoms with E-state index in [0.717, 1.165) is 18.5 Å². The quantitative estimate of drug-likeness (QED) is 0.681. The molecule has 0 amide bonds. The van der Waals surface area contributed by atoms with Crippen LogP contribution in [-0.2, 0) is 6.42 Å². The fourth-order valence-electron chi connectivity index (χ4n) is 2.93. The maximum atomic E-state index is 4.69. The number of hydrogen-bond acceptors (Lipinski definition) is 1. The molecule has 1 aromatic carbocycles. The summed E-state index contributed by atoms with van der Waals surface area (Å²) in [5.74, 6) is 0. The molecule has 2 nitrogen and oxygen atoms in total. The van der Waals surface area contributed by atoms with Crippen molar-refractivity contribution in [2.75, 3.05) is 0 Å². The third-order valence-corrected chi connectivity index (χ3v) is 3.83. The summed E-state index contributed by atoms with van der Waals surface area (Å²) in [6.45, 7) is 2.12. The maximum absolute atomic E-state index is 4.69. The lowest BCUT2D eigenvalue weighted by atomic mass is 9.98. The van der Waals surface area contributed by atoms with E-state index in [9.17, 15) is 0 Å². The number of aromatic nitrogens is 1. The summed E-state index contributed by atoms with van der Waals surface area (Å²) in [5, 5.41) is 0. The number of rotatable bonds is 0. The molecule has 1 aromatic heterocycles. The van der Waals surface area contributed by atoms with Gasteiger partial charge < -0.3 is 4.57 Å². The number of para-hydroxylation sites is 1. The highest BCUT2D eigenvalue weighted by Gasteiger charge is 2.21. The zero-order valence-corrected chi connectivity index (χ0v) is 11.6. The second-order valence-electron chi connectivity index (χ2n) is 4.96. The fourth-order valence-corrected chi connectivity index (χ4v) is 2.93. The van der Waals surface area contributed by atoms with Gasteiger partial charge >= 0.3 is 0 Å². The predicted molar refractivity (Wildman–Crippen MR) is 82.2 cm³/mol. The molecule has 0 radical (unpaired) electrons. The molecule has 4 rings (SSSR count). The Labute approximate surface area is 118 Å². The lowest BCUT2D eigenvalue weighted by Crippen LogP contribution is -2.03. The van der Waals surface area contributed by atoms with E-state index in [1.54, 1.807) is 0 Å². The Morgan fingerprint density at radius 1 is 1.21 bits per heavy atom. The number of aryl methyl sites for hydroxylation is 2. The average molecular weight is 271 g/mol. The molecular weight excluding hydrogens is 256 g/mol. The van der Waals surface area contributed by atoms with Crippen LogP contribution in [0.1, 0.15) is 23.2 Å². The van der Waals surface area contributed by atoms with Crippen LogP contribution in [0.25, 0.3) is 11.3 Å². The molecule has 1 aliphatic carbocycles. The number of allylic oxidation sites excluding steroid dienone is 2. The van der Waals surface area contributed by atoms with E-state index in [-0.39, 0.29) is 12.4 Å². The van der Waals surface area contributed by atoms with Gasteiger partial charge in [0.15, 0.2) is 0 Å². The van der Waals surface area contributed by atoms with E-state index in [1.165, 1.54) is 28.1 Å². The standard InChI is InChI=1S/C16H14N2.ClH/c1-11-4-2-7-14-15(11)17-10-13-6-3-5-12-8-9-18(14)16(12)13;/h2,4,6-10H,3,5H2,1H3;1H. The number of halogens is 1. The number of aliphatic imine (C=N–C) groups is 1. The van der Waals surface area contributed by atoms with E-state index in [0.29, 0.717) is 0 Å². The first-order chi connectivity index (χ1) is 8.84. The van der Waals surface area contributed by atoms with E-state index in [1.807, 2.05) is 6.21 Å². The van der Waals surface area contributed by atoms with Crippen LogP contribution in [0.15, 0.2) is 41.5 Å². The zero-order chi connectivity index (χ0) is 12.1. The van der Waals surface area contributed by atoms with E-state index in [2.05, 4.69) is 53.0 Å². The summed E-state index contributed by atoms with van der Waals surface area (Å²) < 4.78 is 2.29. The molecule has 0 N–H and O–H groups in total. The minimum absolute atomic E-state index is 0. The Hall–Kier alpha value is -1.80. The minimum Gasteiger partial charge on any atom is -0.314 e. The highest BCUT2D eigenvalue weighted by Crippen LogP contribution is 2.36. The summed E-state index contributed by atoms with van der Waals surface area (Å²) in [7, 11) is 0. The highest BCUT2D eigenvalue weighted by atomic mass is 35.5. The molecule has 0 atom stereocenters. The van der Waals surface area contributed by atoms with Crippen LogP contribution in [0, 0.1) is 6.92 Å². The number of fused-ring (bicyclic) bond motifs is 2. The van der Waals surface area contributed by atoms with Crippen molar-refractivity contribution in [3.05, 3.63) is 53.4 Å². The van der Waals surface area contributed by atoms with E-state index >= 15 is 0 Å². The van der Waals surface area contributed by atoms with Crippen LogP contribution in [0.2, 0.25) is 0 Å². The molecule has 3 heteroatoms. The number of nitrogens with zero attached hydrogens (tertiary/aromatic N) is 2. The molecule has 2 aliphatic rings. The van der Waals surface area contributed by atoms with Crippen molar-refractivity contribution in [2.24, 2.45) is 4.99 Å². The van der Waals surface area contributed by atoms with Gasteiger partial charge in [-0.3, -0.25) is 4.99 Å². The molecule has 2 aromatic rings. The molecule has 1 aliphatic heterocycles. The van der Waals surface area contributed by atoms with Crippen LogP contribution < -0.4 is 0 Å². The van der Waals surface area contributed by atoms with Gasteiger partial charge in [0.25, 0.3) is 0 Å². The summed E-state index contributed by atoms with van der Waals surface area (Å²) in [4.78, 5) is 4.69. The average Bonchev–Trinajstić information content (AvgIpc) is 2.73. The van der Waals surface area contributed by atoms with Gasteiger partial charge in [-0.05, 0) is 43.0 Å². The van der Waals surface area contributed by atoms with Gasteiger partial charge in [0.1, 0.15) is 0 Å². The summed E-state index contributed by atoms with van der Waals surface area (Å²) in [5.41, 5.74) is 7.54. The second-order valence-corrected chi connectivity index (χ2v) is 4.96. The Balaban J connectivity index is 0.00000110. The normalized spacial score (nSPS) is 14.9. The van der Waals surface area contributed by atoms with Crippen LogP contribution in [0.4, 0.5) is 5.69 Å². The van der Waals surface area contributed by atoms with E-state index in [4.69, 9.17) is 0 Å². The summed E-state index contributed by atoms with van der Waals surface area (Å²) in [6, 6.07) is 8.62. The van der Waals surface area contributed by atoms with Crippen LogP contribution in [0.5, 0.6) is 0 Å². The molecule has 0 unspecified atom stereocenters. The first-order valence-electron chi connectivity index (χ1n) is 6.39. The van der Waals surface area contributed by atoms with Gasteiger partial charge in [-0.1, -0.05) is 18.2 Å². The third kappa shape index (κ3) is 1.67. The van der Waals surface area contributed by atoms with Crippen LogP contribution in [0.3, 0.4) is 0 Å². The Bertz CT molecular complexity index is 708. The first kappa shape index (κ1) is 12.2. The zero-order valence-electron chi connectivity index (χ0n) is 10.8. The molecule has 19 heavy (non-hydrogen) atoms. The fraction of sp³-hybridized carbons (Fsp3) is 0.188. The molecular formula is C16H15ClN2. The molecule has 0 fully saturated rings. The van der Waals surface area contributed by atoms with Gasteiger partial charge in [-0.25, -0.2) is 0 Å². The Morgan fingerprint density at radius 3 is 3.00 bits per heavy atom. The number of benzene rings is 1. The third-order valence-electron chi connectivity index (χ3n) is 3.83. The van der Waals surface area contributed by atoms with Gasteiger partial charge in [0.05, 0.1) is 17.1 Å². The number of hydrogen-bond donors (Lipinski definition) is 0. The van der Waals surface area contributed by atoms with E-state index < -0.39 is 0 Å². The smallest absolute Gasteiger partial charge is 0.0899 e. The summed E-state index contributed by atoms with van der Waals surface area (Å²) >= 11 is 0. The second kappa shape index (κ2) is 4.39. The molecule has 2 heterocycles. The Kier molecular flexibility index (Phi) is 2.83. The van der Waals surface area contributed by atoms with Gasteiger partial charge in [0, 0.05) is 18.0 Å². The first-order valence-corrected chi connectivity index (χ1v) is 6.39. The van der Waals surface area contributed by atoms with Crippen LogP contribution >= 0.6 is 12.4 Å².